The molecule has 0 aliphatic heterocycles. The van der Waals surface area contributed by atoms with Gasteiger partial charge in [0.25, 0.3) is 0 Å². The molecule has 2 rings (SSSR count). The van der Waals surface area contributed by atoms with Crippen molar-refractivity contribution in [3.05, 3.63) is 0 Å². The fraction of sp³-hybridized carbons (Fsp3) is 0.889. The van der Waals surface area contributed by atoms with Crippen LogP contribution in [0.15, 0.2) is 0 Å². The van der Waals surface area contributed by atoms with E-state index in [1.807, 2.05) is 0 Å². The summed E-state index contributed by atoms with van der Waals surface area (Å²) in [6.07, 6.45) is 4.58. The molecular weight excluding hydrogens is 356 g/mol. The quantitative estimate of drug-likeness (QED) is 0.469. The number of carbonyl (C=O) groups excluding carboxylic acids is 2. The molecule has 2 fully saturated rings. The molecule has 0 unspecified atom stereocenters. The van der Waals surface area contributed by atoms with Crippen molar-refractivity contribution in [1.82, 2.24) is 0 Å². The minimum Gasteiger partial charge on any atom is -0.454 e. The first-order valence-corrected chi connectivity index (χ1v) is 9.27. The van der Waals surface area contributed by atoms with Crippen molar-refractivity contribution < 1.29 is 36.6 Å². The fourth-order valence-corrected chi connectivity index (χ4v) is 3.87. The van der Waals surface area contributed by atoms with Crippen molar-refractivity contribution >= 4 is 11.9 Å². The summed E-state index contributed by atoms with van der Waals surface area (Å²) in [6.45, 7) is 3.29. The lowest BCUT2D eigenvalue weighted by Crippen LogP contribution is -2.56. The Morgan fingerprint density at radius 2 is 1.00 bits per heavy atom. The lowest BCUT2D eigenvalue weighted by molar-refractivity contribution is -0.250. The maximum Gasteiger partial charge on any atom is 0.415 e. The van der Waals surface area contributed by atoms with Gasteiger partial charge >= 0.3 is 23.8 Å². The Kier molecular flexibility index (Phi) is 5.93. The molecule has 4 nitrogen and oxygen atoms in total. The number of ether oxygens (including phenoxy) is 2. The Morgan fingerprint density at radius 3 is 1.23 bits per heavy atom. The third kappa shape index (κ3) is 3.69. The Bertz CT molecular complexity index is 487. The lowest BCUT2D eigenvalue weighted by atomic mass is 9.98. The summed E-state index contributed by atoms with van der Waals surface area (Å²) in [5.41, 5.74) is -2.31. The third-order valence-corrected chi connectivity index (χ3v) is 5.84. The zero-order valence-electron chi connectivity index (χ0n) is 15.2. The van der Waals surface area contributed by atoms with E-state index in [-0.39, 0.29) is 12.8 Å². The summed E-state index contributed by atoms with van der Waals surface area (Å²) in [4.78, 5) is 23.7. The SMILES string of the molecule is CCC1(OC(=O)C(F)(F)C(F)(F)C(=O)OC2(CC)CCCC2)CCCC1. The van der Waals surface area contributed by atoms with E-state index in [4.69, 9.17) is 9.47 Å². The first-order chi connectivity index (χ1) is 12.0. The van der Waals surface area contributed by atoms with E-state index >= 15 is 0 Å². The zero-order chi connectivity index (χ0) is 19.6. The summed E-state index contributed by atoms with van der Waals surface area (Å²) in [6, 6.07) is 0. The van der Waals surface area contributed by atoms with Crippen LogP contribution in [0, 0.1) is 0 Å². The molecule has 2 aliphatic rings. The Morgan fingerprint density at radius 1 is 0.731 bits per heavy atom. The Balaban J connectivity index is 2.13. The predicted molar refractivity (Wildman–Crippen MR) is 85.1 cm³/mol. The molecule has 8 heteroatoms. The minimum absolute atomic E-state index is 0.254. The van der Waals surface area contributed by atoms with Crippen LogP contribution in [0.25, 0.3) is 0 Å². The zero-order valence-corrected chi connectivity index (χ0v) is 15.2. The van der Waals surface area contributed by atoms with Crippen LogP contribution in [0.2, 0.25) is 0 Å². The van der Waals surface area contributed by atoms with E-state index in [2.05, 4.69) is 0 Å². The van der Waals surface area contributed by atoms with Crippen LogP contribution in [0.4, 0.5) is 17.6 Å². The molecule has 26 heavy (non-hydrogen) atoms. The monoisotopic (exact) mass is 382 g/mol. The number of halogens is 4. The van der Waals surface area contributed by atoms with Crippen LogP contribution in [0.3, 0.4) is 0 Å². The summed E-state index contributed by atoms with van der Waals surface area (Å²) in [5.74, 6) is -15.3. The van der Waals surface area contributed by atoms with Crippen LogP contribution in [0.1, 0.15) is 78.1 Å². The molecule has 0 bridgehead atoms. The smallest absolute Gasteiger partial charge is 0.415 e. The molecule has 0 amide bonds. The van der Waals surface area contributed by atoms with Crippen molar-refractivity contribution in [1.29, 1.82) is 0 Å². The van der Waals surface area contributed by atoms with E-state index in [1.54, 1.807) is 13.8 Å². The van der Waals surface area contributed by atoms with Gasteiger partial charge in [-0.15, -0.1) is 0 Å². The van der Waals surface area contributed by atoms with Crippen LogP contribution in [0.5, 0.6) is 0 Å². The van der Waals surface area contributed by atoms with Gasteiger partial charge in [-0.3, -0.25) is 0 Å². The van der Waals surface area contributed by atoms with Crippen molar-refractivity contribution in [3.63, 3.8) is 0 Å². The maximum absolute atomic E-state index is 14.2. The molecule has 0 spiro atoms. The van der Waals surface area contributed by atoms with Gasteiger partial charge in [0.05, 0.1) is 0 Å². The van der Waals surface area contributed by atoms with E-state index in [0.717, 1.165) is 0 Å². The van der Waals surface area contributed by atoms with Gasteiger partial charge in [0.1, 0.15) is 11.2 Å². The van der Waals surface area contributed by atoms with Crippen molar-refractivity contribution in [2.45, 2.75) is 101 Å². The first-order valence-electron chi connectivity index (χ1n) is 9.27. The van der Waals surface area contributed by atoms with Crippen LogP contribution < -0.4 is 0 Å². The van der Waals surface area contributed by atoms with Gasteiger partial charge in [-0.2, -0.15) is 17.6 Å². The largest absolute Gasteiger partial charge is 0.454 e. The van der Waals surface area contributed by atoms with Gasteiger partial charge in [0.15, 0.2) is 0 Å². The van der Waals surface area contributed by atoms with Gasteiger partial charge in [0.2, 0.25) is 0 Å². The molecule has 2 saturated carbocycles. The van der Waals surface area contributed by atoms with Crippen LogP contribution in [-0.4, -0.2) is 35.0 Å². The standard InChI is InChI=1S/C18H26F4O4/c1-3-15(9-5-6-10-15)25-13(23)17(19,20)18(21,22)14(24)26-16(4-2)11-7-8-12-16/h3-12H2,1-2H3. The summed E-state index contributed by atoms with van der Waals surface area (Å²) in [5, 5.41) is 0. The molecular formula is C18H26F4O4. The normalized spacial score (nSPS) is 22.2. The van der Waals surface area contributed by atoms with Crippen LogP contribution in [-0.2, 0) is 19.1 Å². The highest BCUT2D eigenvalue weighted by Crippen LogP contribution is 2.44. The summed E-state index contributed by atoms with van der Waals surface area (Å²) in [7, 11) is 0. The summed E-state index contributed by atoms with van der Waals surface area (Å²) < 4.78 is 66.3. The van der Waals surface area contributed by atoms with Gasteiger partial charge in [0, 0.05) is 0 Å². The highest BCUT2D eigenvalue weighted by Gasteiger charge is 2.70. The number of hydrogen-bond acceptors (Lipinski definition) is 4. The minimum atomic E-state index is -5.28. The average molecular weight is 382 g/mol. The van der Waals surface area contributed by atoms with Crippen molar-refractivity contribution in [2.24, 2.45) is 0 Å². The number of alkyl halides is 4. The summed E-state index contributed by atoms with van der Waals surface area (Å²) >= 11 is 0. The fourth-order valence-electron chi connectivity index (χ4n) is 3.87. The van der Waals surface area contributed by atoms with Gasteiger partial charge < -0.3 is 9.47 Å². The van der Waals surface area contributed by atoms with Crippen LogP contribution >= 0.6 is 0 Å². The molecule has 0 saturated heterocycles. The van der Waals surface area contributed by atoms with Gasteiger partial charge in [-0.05, 0) is 64.2 Å². The van der Waals surface area contributed by atoms with Crippen molar-refractivity contribution in [3.8, 4) is 0 Å². The number of hydrogen-bond donors (Lipinski definition) is 0. The van der Waals surface area contributed by atoms with Gasteiger partial charge in [-0.1, -0.05) is 13.8 Å². The van der Waals surface area contributed by atoms with E-state index in [0.29, 0.717) is 51.4 Å². The predicted octanol–water partition coefficient (Wildman–Crippen LogP) is 4.79. The average Bonchev–Trinajstić information content (AvgIpc) is 3.25. The highest BCUT2D eigenvalue weighted by molar-refractivity contribution is 5.90. The number of rotatable bonds is 7. The number of carbonyl (C=O) groups is 2. The van der Waals surface area contributed by atoms with E-state index in [1.165, 1.54) is 0 Å². The third-order valence-electron chi connectivity index (χ3n) is 5.84. The molecule has 0 radical (unpaired) electrons. The molecule has 0 aromatic carbocycles. The lowest BCUT2D eigenvalue weighted by Gasteiger charge is -2.33. The van der Waals surface area contributed by atoms with Crippen molar-refractivity contribution in [2.75, 3.05) is 0 Å². The second-order valence-electron chi connectivity index (χ2n) is 7.42. The molecule has 2 aliphatic carbocycles. The van der Waals surface area contributed by atoms with E-state index in [9.17, 15) is 27.2 Å². The second-order valence-corrected chi connectivity index (χ2v) is 7.42. The molecule has 0 atom stereocenters. The Labute approximate surface area is 150 Å². The molecule has 150 valence electrons. The molecule has 0 N–H and O–H groups in total. The van der Waals surface area contributed by atoms with E-state index < -0.39 is 35.0 Å². The van der Waals surface area contributed by atoms with Gasteiger partial charge in [-0.25, -0.2) is 9.59 Å². The number of esters is 2. The molecule has 0 aromatic rings. The highest BCUT2D eigenvalue weighted by atomic mass is 19.3. The molecule has 0 aromatic heterocycles. The maximum atomic E-state index is 14.2. The first kappa shape index (κ1) is 21.0. The molecule has 0 heterocycles. The second kappa shape index (κ2) is 7.35. The Hall–Kier alpha value is -1.34. The topological polar surface area (TPSA) is 52.6 Å².